The molecule has 1 aromatic carbocycles. The predicted octanol–water partition coefficient (Wildman–Crippen LogP) is 0.0428. The summed E-state index contributed by atoms with van der Waals surface area (Å²) in [5.74, 6) is -0.194. The van der Waals surface area contributed by atoms with Gasteiger partial charge >= 0.3 is 6.03 Å². The number of rotatable bonds is 4. The van der Waals surface area contributed by atoms with Crippen LogP contribution in [-0.2, 0) is 16.6 Å². The Morgan fingerprint density at radius 3 is 2.96 bits per heavy atom. The summed E-state index contributed by atoms with van der Waals surface area (Å²) < 4.78 is 26.8. The minimum atomic E-state index is -3.51. The molecule has 2 heterocycles. The van der Waals surface area contributed by atoms with Crippen molar-refractivity contribution in [1.29, 1.82) is 0 Å². The van der Waals surface area contributed by atoms with Gasteiger partial charge in [-0.05, 0) is 40.3 Å². The molecular formula is C13H17N5O4S. The number of fused-ring (bicyclic) bond motifs is 1. The Bertz CT molecular complexity index is 819. The van der Waals surface area contributed by atoms with Gasteiger partial charge in [0, 0.05) is 19.6 Å². The van der Waals surface area contributed by atoms with Gasteiger partial charge in [-0.25, -0.2) is 23.0 Å². The molecule has 0 radical (unpaired) electrons. The Morgan fingerprint density at radius 1 is 1.39 bits per heavy atom. The van der Waals surface area contributed by atoms with Crippen molar-refractivity contribution in [3.8, 4) is 0 Å². The summed E-state index contributed by atoms with van der Waals surface area (Å²) >= 11 is 0. The molecule has 0 bridgehead atoms. The molecule has 10 heteroatoms. The summed E-state index contributed by atoms with van der Waals surface area (Å²) in [6.07, 6.45) is 0.639. The highest BCUT2D eigenvalue weighted by Crippen LogP contribution is 2.17. The van der Waals surface area contributed by atoms with E-state index in [1.807, 2.05) is 6.07 Å². The minimum Gasteiger partial charge on any atom is -0.334 e. The number of nitrogens with two attached hydrogens (primary N) is 1. The van der Waals surface area contributed by atoms with E-state index in [0.29, 0.717) is 37.1 Å². The van der Waals surface area contributed by atoms with E-state index >= 15 is 0 Å². The molecule has 3 rings (SSSR count). The lowest BCUT2D eigenvalue weighted by Gasteiger charge is -2.17. The number of nitrogens with one attached hydrogen (secondary N) is 1. The molecule has 23 heavy (non-hydrogen) atoms. The summed E-state index contributed by atoms with van der Waals surface area (Å²) in [4.78, 5) is 13.7. The molecule has 1 aromatic heterocycles. The van der Waals surface area contributed by atoms with Crippen molar-refractivity contribution in [2.24, 2.45) is 11.1 Å². The molecule has 0 spiro atoms. The van der Waals surface area contributed by atoms with Crippen molar-refractivity contribution >= 4 is 27.1 Å². The number of benzene rings is 1. The fraction of sp³-hybridized carbons (Fsp3) is 0.462. The molecule has 1 unspecified atom stereocenters. The van der Waals surface area contributed by atoms with Gasteiger partial charge in [-0.3, -0.25) is 0 Å². The third-order valence-electron chi connectivity index (χ3n) is 3.80. The van der Waals surface area contributed by atoms with Gasteiger partial charge < -0.3 is 10.2 Å². The van der Waals surface area contributed by atoms with Crippen molar-refractivity contribution in [3.63, 3.8) is 0 Å². The van der Waals surface area contributed by atoms with Crippen LogP contribution in [0.15, 0.2) is 22.8 Å². The molecule has 1 fully saturated rings. The van der Waals surface area contributed by atoms with Crippen LogP contribution in [0.5, 0.6) is 0 Å². The molecule has 0 saturated carbocycles. The second kappa shape index (κ2) is 6.13. The van der Waals surface area contributed by atoms with Gasteiger partial charge in [0.25, 0.3) is 0 Å². The van der Waals surface area contributed by atoms with E-state index in [9.17, 15) is 13.2 Å². The molecule has 1 atom stereocenters. The number of hydrogen-bond donors (Lipinski definition) is 2. The molecule has 1 aliphatic heterocycles. The van der Waals surface area contributed by atoms with E-state index < -0.39 is 10.0 Å². The zero-order valence-electron chi connectivity index (χ0n) is 12.3. The van der Waals surface area contributed by atoms with Crippen molar-refractivity contribution in [1.82, 2.24) is 20.5 Å². The minimum absolute atomic E-state index is 0.0907. The number of carbonyl (C=O) groups excluding carboxylic acids is 1. The van der Waals surface area contributed by atoms with Crippen LogP contribution in [0, 0.1) is 5.92 Å². The standard InChI is InChI=1S/C13H17N5O4S/c14-23(20,21)8-10-3-4-18(7-10)13(19)15-6-9-1-2-11-12(5-9)17-22-16-11/h1-2,5,10H,3-4,6-8H2,(H,15,19)(H2,14,20,21). The van der Waals surface area contributed by atoms with Gasteiger partial charge in [0.15, 0.2) is 0 Å². The molecule has 0 aliphatic carbocycles. The lowest BCUT2D eigenvalue weighted by Crippen LogP contribution is -2.38. The number of urea groups is 1. The summed E-state index contributed by atoms with van der Waals surface area (Å²) in [6.45, 7) is 1.27. The number of amides is 2. The van der Waals surface area contributed by atoms with Crippen LogP contribution in [-0.4, -0.2) is 48.5 Å². The SMILES string of the molecule is NS(=O)(=O)CC1CCN(C(=O)NCc2ccc3nonc3c2)C1. The third kappa shape index (κ3) is 3.96. The molecule has 2 amide bonds. The number of nitrogens with zero attached hydrogens (tertiary/aromatic N) is 3. The zero-order chi connectivity index (χ0) is 16.4. The number of likely N-dealkylation sites (tertiary alicyclic amines) is 1. The van der Waals surface area contributed by atoms with E-state index in [1.165, 1.54) is 0 Å². The molecule has 124 valence electrons. The molecule has 1 saturated heterocycles. The van der Waals surface area contributed by atoms with E-state index in [1.54, 1.807) is 17.0 Å². The molecule has 1 aliphatic rings. The molecule has 9 nitrogen and oxygen atoms in total. The summed E-state index contributed by atoms with van der Waals surface area (Å²) in [5.41, 5.74) is 2.17. The van der Waals surface area contributed by atoms with Crippen LogP contribution < -0.4 is 10.5 Å². The first kappa shape index (κ1) is 15.7. The average Bonchev–Trinajstić information content (AvgIpc) is 3.11. The second-order valence-electron chi connectivity index (χ2n) is 5.68. The lowest BCUT2D eigenvalue weighted by atomic mass is 10.2. The number of aromatic nitrogens is 2. The van der Waals surface area contributed by atoms with Gasteiger partial charge in [0.05, 0.1) is 5.75 Å². The van der Waals surface area contributed by atoms with Crippen LogP contribution in [0.2, 0.25) is 0 Å². The number of sulfonamides is 1. The van der Waals surface area contributed by atoms with Crippen molar-refractivity contribution in [2.75, 3.05) is 18.8 Å². The fourth-order valence-corrected chi connectivity index (χ4v) is 3.64. The van der Waals surface area contributed by atoms with Crippen molar-refractivity contribution in [2.45, 2.75) is 13.0 Å². The Labute approximate surface area is 132 Å². The number of hydrogen-bond acceptors (Lipinski definition) is 6. The van der Waals surface area contributed by atoms with Crippen LogP contribution in [0.4, 0.5) is 4.79 Å². The fourth-order valence-electron chi connectivity index (χ4n) is 2.71. The quantitative estimate of drug-likeness (QED) is 0.808. The van der Waals surface area contributed by atoms with Gasteiger partial charge in [-0.2, -0.15) is 0 Å². The summed E-state index contributed by atoms with van der Waals surface area (Å²) in [6, 6.07) is 5.17. The van der Waals surface area contributed by atoms with Gasteiger partial charge in [-0.1, -0.05) is 6.07 Å². The van der Waals surface area contributed by atoms with Gasteiger partial charge in [-0.15, -0.1) is 0 Å². The highest BCUT2D eigenvalue weighted by atomic mass is 32.2. The first-order valence-corrected chi connectivity index (χ1v) is 8.87. The normalized spacial score (nSPS) is 18.5. The third-order valence-corrected chi connectivity index (χ3v) is 4.74. The maximum absolute atomic E-state index is 12.1. The second-order valence-corrected chi connectivity index (χ2v) is 7.34. The van der Waals surface area contributed by atoms with E-state index in [2.05, 4.69) is 20.3 Å². The Kier molecular flexibility index (Phi) is 4.18. The van der Waals surface area contributed by atoms with Crippen LogP contribution in [0.25, 0.3) is 11.0 Å². The Hall–Kier alpha value is -2.20. The van der Waals surface area contributed by atoms with Crippen molar-refractivity contribution < 1.29 is 17.8 Å². The number of primary sulfonamides is 1. The molecule has 2 aromatic rings. The van der Waals surface area contributed by atoms with Crippen LogP contribution in [0.3, 0.4) is 0 Å². The molecule has 3 N–H and O–H groups in total. The zero-order valence-corrected chi connectivity index (χ0v) is 13.1. The topological polar surface area (TPSA) is 131 Å². The van der Waals surface area contributed by atoms with Gasteiger partial charge in [0.2, 0.25) is 10.0 Å². The lowest BCUT2D eigenvalue weighted by molar-refractivity contribution is 0.207. The van der Waals surface area contributed by atoms with E-state index in [0.717, 1.165) is 5.56 Å². The van der Waals surface area contributed by atoms with Gasteiger partial charge in [0.1, 0.15) is 11.0 Å². The maximum Gasteiger partial charge on any atom is 0.317 e. The monoisotopic (exact) mass is 339 g/mol. The van der Waals surface area contributed by atoms with Crippen LogP contribution in [0.1, 0.15) is 12.0 Å². The van der Waals surface area contributed by atoms with Crippen molar-refractivity contribution in [3.05, 3.63) is 23.8 Å². The molecular weight excluding hydrogens is 322 g/mol. The van der Waals surface area contributed by atoms with E-state index in [4.69, 9.17) is 5.14 Å². The predicted molar refractivity (Wildman–Crippen MR) is 81.7 cm³/mol. The first-order valence-electron chi connectivity index (χ1n) is 7.15. The highest BCUT2D eigenvalue weighted by Gasteiger charge is 2.28. The average molecular weight is 339 g/mol. The Balaban J connectivity index is 1.53. The van der Waals surface area contributed by atoms with E-state index in [-0.39, 0.29) is 17.7 Å². The highest BCUT2D eigenvalue weighted by molar-refractivity contribution is 7.89. The summed E-state index contributed by atoms with van der Waals surface area (Å²) in [7, 11) is -3.51. The largest absolute Gasteiger partial charge is 0.334 e. The first-order chi connectivity index (χ1) is 10.9. The number of carbonyl (C=O) groups is 1. The maximum atomic E-state index is 12.1. The smallest absolute Gasteiger partial charge is 0.317 e. The van der Waals surface area contributed by atoms with Crippen LogP contribution >= 0.6 is 0 Å². The Morgan fingerprint density at radius 2 is 2.17 bits per heavy atom. The summed E-state index contributed by atoms with van der Waals surface area (Å²) in [5, 5.41) is 15.3.